The van der Waals surface area contributed by atoms with E-state index in [1.807, 2.05) is 24.3 Å². The lowest BCUT2D eigenvalue weighted by atomic mass is 10.1. The second-order valence-corrected chi connectivity index (χ2v) is 17.2. The van der Waals surface area contributed by atoms with Gasteiger partial charge in [0.05, 0.1) is 0 Å². The van der Waals surface area contributed by atoms with E-state index < -0.39 is 6.10 Å². The van der Waals surface area contributed by atoms with Gasteiger partial charge in [0.2, 0.25) is 0 Å². The molecule has 0 aliphatic carbocycles. The van der Waals surface area contributed by atoms with E-state index in [4.69, 9.17) is 14.2 Å². The van der Waals surface area contributed by atoms with E-state index in [9.17, 15) is 14.4 Å². The number of allylic oxidation sites excluding steroid dienone is 18. The molecule has 0 spiro atoms. The SMILES string of the molecule is CC\C=C/C=C\C=C/CCCCCCCCCC(=O)OC(COC(=O)CCCCC/C=C\CCCCCCCCC)COC(=O)CCCCCCC\C=C/C=C\C=C/C=C\C=C/CCC. The fourth-order valence-electron chi connectivity index (χ4n) is 6.94. The molecular weight excluding hydrogens is 805 g/mol. The molecule has 0 saturated heterocycles. The molecule has 6 heteroatoms. The van der Waals surface area contributed by atoms with Gasteiger partial charge in [-0.3, -0.25) is 14.4 Å². The van der Waals surface area contributed by atoms with Crippen LogP contribution in [0.2, 0.25) is 0 Å². The van der Waals surface area contributed by atoms with Crippen molar-refractivity contribution >= 4 is 17.9 Å². The number of hydrogen-bond donors (Lipinski definition) is 0. The highest BCUT2D eigenvalue weighted by atomic mass is 16.6. The first-order valence-electron chi connectivity index (χ1n) is 26.5. The summed E-state index contributed by atoms with van der Waals surface area (Å²) in [5.41, 5.74) is 0. The summed E-state index contributed by atoms with van der Waals surface area (Å²) in [6, 6.07) is 0. The van der Waals surface area contributed by atoms with Crippen LogP contribution in [0.25, 0.3) is 0 Å². The second-order valence-electron chi connectivity index (χ2n) is 17.2. The lowest BCUT2D eigenvalue weighted by Gasteiger charge is -2.18. The molecule has 0 saturated carbocycles. The third-order valence-electron chi connectivity index (χ3n) is 10.9. The summed E-state index contributed by atoms with van der Waals surface area (Å²) in [6.45, 7) is 6.36. The van der Waals surface area contributed by atoms with Gasteiger partial charge in [-0.15, -0.1) is 0 Å². The Kier molecular flexibility index (Phi) is 49.5. The predicted octanol–water partition coefficient (Wildman–Crippen LogP) is 17.5. The monoisotopic (exact) mass is 901 g/mol. The van der Waals surface area contributed by atoms with Crippen molar-refractivity contribution in [2.75, 3.05) is 13.2 Å². The van der Waals surface area contributed by atoms with Crippen molar-refractivity contribution in [2.45, 2.75) is 232 Å². The van der Waals surface area contributed by atoms with E-state index in [-0.39, 0.29) is 31.1 Å². The summed E-state index contributed by atoms with van der Waals surface area (Å²) in [6.07, 6.45) is 70.6. The third-order valence-corrected chi connectivity index (χ3v) is 10.9. The van der Waals surface area contributed by atoms with E-state index in [2.05, 4.69) is 106 Å². The zero-order valence-electron chi connectivity index (χ0n) is 42.0. The quantitative estimate of drug-likeness (QED) is 0.0199. The molecule has 0 heterocycles. The van der Waals surface area contributed by atoms with Crippen LogP contribution in [0.1, 0.15) is 226 Å². The number of carbonyl (C=O) groups excluding carboxylic acids is 3. The summed E-state index contributed by atoms with van der Waals surface area (Å²) < 4.78 is 16.8. The molecule has 0 aromatic carbocycles. The molecule has 0 aromatic rings. The van der Waals surface area contributed by atoms with Crippen molar-refractivity contribution in [3.8, 4) is 0 Å². The van der Waals surface area contributed by atoms with Gasteiger partial charge in [-0.25, -0.2) is 0 Å². The van der Waals surface area contributed by atoms with Crippen LogP contribution in [0.5, 0.6) is 0 Å². The Labute approximate surface area is 400 Å². The molecule has 0 aliphatic rings. The van der Waals surface area contributed by atoms with Crippen LogP contribution in [0.4, 0.5) is 0 Å². The molecule has 0 aromatic heterocycles. The summed E-state index contributed by atoms with van der Waals surface area (Å²) >= 11 is 0. The molecule has 65 heavy (non-hydrogen) atoms. The van der Waals surface area contributed by atoms with Crippen LogP contribution < -0.4 is 0 Å². The number of ether oxygens (including phenoxy) is 3. The minimum atomic E-state index is -0.803. The third kappa shape index (κ3) is 50.9. The number of rotatable bonds is 46. The van der Waals surface area contributed by atoms with Crippen LogP contribution >= 0.6 is 0 Å². The molecular formula is C59H96O6. The van der Waals surface area contributed by atoms with Gasteiger partial charge in [-0.2, -0.15) is 0 Å². The Morgan fingerprint density at radius 3 is 1.06 bits per heavy atom. The maximum atomic E-state index is 12.8. The van der Waals surface area contributed by atoms with E-state index >= 15 is 0 Å². The van der Waals surface area contributed by atoms with E-state index in [0.717, 1.165) is 116 Å². The molecule has 0 fully saturated rings. The standard InChI is InChI=1S/C59H96O6/c1-4-7-10-13-16-19-22-25-28-29-30-32-34-37-40-43-46-49-52-58(61)64-55-56(54-63-57(60)51-48-45-42-39-36-33-27-24-21-18-15-12-9-6-3)65-59(62)53-50-47-44-41-38-35-31-26-23-20-17-14-11-8-5-2/h8,10-11,13-14,16-17,19-20,22-23,25,28-30,32-33,36,56H,4-7,9,12,15,18,21,24,26-27,31,34-35,37-55H2,1-3H3/b11-8-,13-10-,17-14-,19-16-,23-20-,25-22-,29-28-,32-30-,36-33-. The largest absolute Gasteiger partial charge is 0.462 e. The van der Waals surface area contributed by atoms with Gasteiger partial charge in [0.15, 0.2) is 6.10 Å². The first-order valence-corrected chi connectivity index (χ1v) is 26.5. The molecule has 0 aliphatic heterocycles. The fraction of sp³-hybridized carbons (Fsp3) is 0.644. The topological polar surface area (TPSA) is 78.9 Å². The Bertz CT molecular complexity index is 1360. The number of esters is 3. The highest BCUT2D eigenvalue weighted by Gasteiger charge is 2.19. The van der Waals surface area contributed by atoms with Gasteiger partial charge in [0, 0.05) is 19.3 Å². The zero-order valence-corrected chi connectivity index (χ0v) is 42.0. The van der Waals surface area contributed by atoms with Crippen LogP contribution in [-0.2, 0) is 28.6 Å². The first kappa shape index (κ1) is 61.1. The van der Waals surface area contributed by atoms with Crippen molar-refractivity contribution in [3.05, 3.63) is 109 Å². The van der Waals surface area contributed by atoms with Gasteiger partial charge in [0.1, 0.15) is 13.2 Å². The molecule has 6 nitrogen and oxygen atoms in total. The molecule has 368 valence electrons. The van der Waals surface area contributed by atoms with Gasteiger partial charge in [-0.05, 0) is 83.5 Å². The van der Waals surface area contributed by atoms with Gasteiger partial charge < -0.3 is 14.2 Å². The van der Waals surface area contributed by atoms with Crippen molar-refractivity contribution in [1.82, 2.24) is 0 Å². The van der Waals surface area contributed by atoms with E-state index in [1.54, 1.807) is 0 Å². The number of unbranched alkanes of at least 4 members (excludes halogenated alkanes) is 23. The number of carbonyl (C=O) groups is 3. The summed E-state index contributed by atoms with van der Waals surface area (Å²) in [4.78, 5) is 38.0. The van der Waals surface area contributed by atoms with Crippen LogP contribution in [-0.4, -0.2) is 37.2 Å². The average molecular weight is 901 g/mol. The van der Waals surface area contributed by atoms with Crippen LogP contribution in [0.3, 0.4) is 0 Å². The minimum Gasteiger partial charge on any atom is -0.462 e. The molecule has 0 N–H and O–H groups in total. The normalized spacial score (nSPS) is 13.0. The smallest absolute Gasteiger partial charge is 0.306 e. The van der Waals surface area contributed by atoms with Crippen LogP contribution in [0, 0.1) is 0 Å². The fourth-order valence-corrected chi connectivity index (χ4v) is 6.94. The van der Waals surface area contributed by atoms with Crippen molar-refractivity contribution < 1.29 is 28.6 Å². The Balaban J connectivity index is 4.49. The molecule has 0 amide bonds. The van der Waals surface area contributed by atoms with Gasteiger partial charge in [0.25, 0.3) is 0 Å². The Morgan fingerprint density at radius 1 is 0.323 bits per heavy atom. The second kappa shape index (κ2) is 52.7. The zero-order chi connectivity index (χ0) is 47.2. The molecule has 0 radical (unpaired) electrons. The maximum Gasteiger partial charge on any atom is 0.306 e. The van der Waals surface area contributed by atoms with Crippen molar-refractivity contribution in [2.24, 2.45) is 0 Å². The van der Waals surface area contributed by atoms with Crippen molar-refractivity contribution in [3.63, 3.8) is 0 Å². The highest BCUT2D eigenvalue weighted by molar-refractivity contribution is 5.71. The average Bonchev–Trinajstić information content (AvgIpc) is 3.30. The van der Waals surface area contributed by atoms with Crippen LogP contribution in [0.15, 0.2) is 109 Å². The van der Waals surface area contributed by atoms with Gasteiger partial charge >= 0.3 is 17.9 Å². The summed E-state index contributed by atoms with van der Waals surface area (Å²) in [5, 5.41) is 0. The lowest BCUT2D eigenvalue weighted by Crippen LogP contribution is -2.30. The summed E-state index contributed by atoms with van der Waals surface area (Å²) in [5.74, 6) is -0.957. The van der Waals surface area contributed by atoms with Gasteiger partial charge in [-0.1, -0.05) is 233 Å². The van der Waals surface area contributed by atoms with E-state index in [1.165, 1.54) is 70.6 Å². The Morgan fingerprint density at radius 2 is 0.646 bits per heavy atom. The number of hydrogen-bond acceptors (Lipinski definition) is 6. The van der Waals surface area contributed by atoms with Crippen molar-refractivity contribution in [1.29, 1.82) is 0 Å². The Hall–Kier alpha value is -3.93. The summed E-state index contributed by atoms with van der Waals surface area (Å²) in [7, 11) is 0. The molecule has 1 atom stereocenters. The maximum absolute atomic E-state index is 12.8. The predicted molar refractivity (Wildman–Crippen MR) is 279 cm³/mol. The molecule has 0 bridgehead atoms. The highest BCUT2D eigenvalue weighted by Crippen LogP contribution is 2.14. The first-order chi connectivity index (χ1) is 32.0. The minimum absolute atomic E-state index is 0.101. The lowest BCUT2D eigenvalue weighted by molar-refractivity contribution is -0.167. The molecule has 1 unspecified atom stereocenters. The van der Waals surface area contributed by atoms with E-state index in [0.29, 0.717) is 19.3 Å². The molecule has 0 rings (SSSR count).